The molecule has 164 valence electrons. The number of rotatable bonds is 3. The van der Waals surface area contributed by atoms with Gasteiger partial charge in [0, 0.05) is 44.1 Å². The highest BCUT2D eigenvalue weighted by molar-refractivity contribution is 5.78. The summed E-state index contributed by atoms with van der Waals surface area (Å²) in [7, 11) is 0. The molecular weight excluding hydrogens is 376 g/mol. The van der Waals surface area contributed by atoms with Gasteiger partial charge in [-0.05, 0) is 57.4 Å². The van der Waals surface area contributed by atoms with Gasteiger partial charge in [0.1, 0.15) is 5.82 Å². The van der Waals surface area contributed by atoms with Gasteiger partial charge in [0.2, 0.25) is 5.91 Å². The number of likely N-dealkylation sites (tertiary alicyclic amines) is 2. The fraction of sp³-hybridized carbons (Fsp3) is 0.792. The second kappa shape index (κ2) is 8.81. The van der Waals surface area contributed by atoms with Crippen LogP contribution in [0.5, 0.6) is 0 Å². The molecule has 1 aromatic heterocycles. The fourth-order valence-corrected chi connectivity index (χ4v) is 6.38. The molecular formula is C24H36N4O2. The van der Waals surface area contributed by atoms with E-state index in [2.05, 4.69) is 9.80 Å². The SMILES string of the molecule is O=C(CN1CC[C@H](c2cc(=O)n3c(n2)CCCCC3)C1)N1CCC[C@@H]2CCCC[C@@H]21. The van der Waals surface area contributed by atoms with E-state index in [1.165, 1.54) is 44.9 Å². The van der Waals surface area contributed by atoms with Crippen molar-refractivity contribution in [3.63, 3.8) is 0 Å². The van der Waals surface area contributed by atoms with E-state index in [0.29, 0.717) is 18.5 Å². The van der Waals surface area contributed by atoms with Crippen LogP contribution in [0, 0.1) is 5.92 Å². The van der Waals surface area contributed by atoms with Crippen LogP contribution in [-0.2, 0) is 17.8 Å². The lowest BCUT2D eigenvalue weighted by Crippen LogP contribution is -2.52. The van der Waals surface area contributed by atoms with Crippen LogP contribution in [0.3, 0.4) is 0 Å². The Bertz CT molecular complexity index is 833. The highest BCUT2D eigenvalue weighted by Gasteiger charge is 2.37. The van der Waals surface area contributed by atoms with Gasteiger partial charge < -0.3 is 4.90 Å². The number of hydrogen-bond donors (Lipinski definition) is 0. The van der Waals surface area contributed by atoms with E-state index >= 15 is 0 Å². The average molecular weight is 413 g/mol. The van der Waals surface area contributed by atoms with Crippen LogP contribution in [0.25, 0.3) is 0 Å². The lowest BCUT2D eigenvalue weighted by atomic mass is 9.78. The molecule has 6 nitrogen and oxygen atoms in total. The van der Waals surface area contributed by atoms with E-state index in [1.807, 2.05) is 4.57 Å². The first-order valence-electron chi connectivity index (χ1n) is 12.3. The zero-order valence-corrected chi connectivity index (χ0v) is 18.2. The molecule has 3 atom stereocenters. The topological polar surface area (TPSA) is 58.4 Å². The minimum absolute atomic E-state index is 0.114. The Morgan fingerprint density at radius 2 is 1.83 bits per heavy atom. The summed E-state index contributed by atoms with van der Waals surface area (Å²) < 4.78 is 1.88. The molecule has 0 unspecified atom stereocenters. The first kappa shape index (κ1) is 20.2. The van der Waals surface area contributed by atoms with Gasteiger partial charge in [-0.25, -0.2) is 4.98 Å². The molecule has 3 aliphatic heterocycles. The Labute approximate surface area is 179 Å². The molecule has 6 heteroatoms. The zero-order valence-electron chi connectivity index (χ0n) is 18.2. The molecule has 0 aromatic carbocycles. The van der Waals surface area contributed by atoms with E-state index in [0.717, 1.165) is 69.3 Å². The summed E-state index contributed by atoms with van der Waals surface area (Å²) in [6.07, 6.45) is 12.9. The van der Waals surface area contributed by atoms with Gasteiger partial charge in [-0.2, -0.15) is 0 Å². The number of carbonyl (C=O) groups excluding carboxylic acids is 1. The molecule has 3 fully saturated rings. The number of aryl methyl sites for hydroxylation is 1. The Hall–Kier alpha value is -1.69. The van der Waals surface area contributed by atoms with E-state index in [1.54, 1.807) is 6.07 Å². The summed E-state index contributed by atoms with van der Waals surface area (Å²) >= 11 is 0. The van der Waals surface area contributed by atoms with E-state index in [4.69, 9.17) is 4.98 Å². The number of fused-ring (bicyclic) bond motifs is 2. The molecule has 30 heavy (non-hydrogen) atoms. The molecule has 1 amide bonds. The van der Waals surface area contributed by atoms with Crippen molar-refractivity contribution in [2.24, 2.45) is 5.92 Å². The van der Waals surface area contributed by atoms with Crippen LogP contribution in [0.1, 0.15) is 81.6 Å². The van der Waals surface area contributed by atoms with Gasteiger partial charge in [0.25, 0.3) is 5.56 Å². The van der Waals surface area contributed by atoms with Gasteiger partial charge in [0.15, 0.2) is 0 Å². The molecule has 0 bridgehead atoms. The van der Waals surface area contributed by atoms with Crippen molar-refractivity contribution in [2.75, 3.05) is 26.2 Å². The van der Waals surface area contributed by atoms with Gasteiger partial charge in [-0.1, -0.05) is 19.3 Å². The monoisotopic (exact) mass is 412 g/mol. The van der Waals surface area contributed by atoms with E-state index in [-0.39, 0.29) is 11.5 Å². The summed E-state index contributed by atoms with van der Waals surface area (Å²) in [5.41, 5.74) is 1.07. The maximum Gasteiger partial charge on any atom is 0.253 e. The second-order valence-electron chi connectivity index (χ2n) is 9.96. The van der Waals surface area contributed by atoms with Crippen molar-refractivity contribution in [3.8, 4) is 0 Å². The second-order valence-corrected chi connectivity index (χ2v) is 9.96. The smallest absolute Gasteiger partial charge is 0.253 e. The van der Waals surface area contributed by atoms with Crippen LogP contribution < -0.4 is 5.56 Å². The predicted octanol–water partition coefficient (Wildman–Crippen LogP) is 2.94. The van der Waals surface area contributed by atoms with Gasteiger partial charge in [-0.3, -0.25) is 19.1 Å². The Kier molecular flexibility index (Phi) is 5.94. The normalized spacial score (nSPS) is 29.9. The molecule has 0 radical (unpaired) electrons. The third kappa shape index (κ3) is 4.08. The summed E-state index contributed by atoms with van der Waals surface area (Å²) in [5, 5.41) is 0. The quantitative estimate of drug-likeness (QED) is 0.766. The fourth-order valence-electron chi connectivity index (χ4n) is 6.38. The summed E-state index contributed by atoms with van der Waals surface area (Å²) in [6, 6.07) is 2.26. The first-order chi connectivity index (χ1) is 14.7. The van der Waals surface area contributed by atoms with Crippen molar-refractivity contribution in [1.29, 1.82) is 0 Å². The molecule has 5 rings (SSSR count). The third-order valence-electron chi connectivity index (χ3n) is 8.00. The van der Waals surface area contributed by atoms with Crippen LogP contribution >= 0.6 is 0 Å². The highest BCUT2D eigenvalue weighted by atomic mass is 16.2. The Balaban J connectivity index is 1.23. The maximum atomic E-state index is 13.2. The maximum absolute atomic E-state index is 13.2. The lowest BCUT2D eigenvalue weighted by molar-refractivity contribution is -0.138. The third-order valence-corrected chi connectivity index (χ3v) is 8.00. The molecule has 4 aliphatic rings. The molecule has 1 aliphatic carbocycles. The number of piperidine rings is 1. The van der Waals surface area contributed by atoms with Crippen molar-refractivity contribution in [2.45, 2.75) is 89.1 Å². The molecule has 1 aromatic rings. The Morgan fingerprint density at radius 3 is 2.77 bits per heavy atom. The number of nitrogens with zero attached hydrogens (tertiary/aromatic N) is 4. The summed E-state index contributed by atoms with van der Waals surface area (Å²) in [5.74, 6) is 2.31. The first-order valence-corrected chi connectivity index (χ1v) is 12.3. The zero-order chi connectivity index (χ0) is 20.5. The van der Waals surface area contributed by atoms with Gasteiger partial charge in [0.05, 0.1) is 12.2 Å². The predicted molar refractivity (Wildman–Crippen MR) is 117 cm³/mol. The average Bonchev–Trinajstić information content (AvgIpc) is 3.09. The largest absolute Gasteiger partial charge is 0.338 e. The summed E-state index contributed by atoms with van der Waals surface area (Å²) in [4.78, 5) is 35.2. The van der Waals surface area contributed by atoms with E-state index in [9.17, 15) is 9.59 Å². The molecule has 1 saturated carbocycles. The van der Waals surface area contributed by atoms with Crippen LogP contribution in [-0.4, -0.2) is 57.5 Å². The minimum Gasteiger partial charge on any atom is -0.338 e. The number of amides is 1. The summed E-state index contributed by atoms with van der Waals surface area (Å²) in [6.45, 7) is 4.07. The van der Waals surface area contributed by atoms with E-state index < -0.39 is 0 Å². The molecule has 4 heterocycles. The van der Waals surface area contributed by atoms with Crippen molar-refractivity contribution < 1.29 is 4.79 Å². The standard InChI is InChI=1S/C24H36N4O2/c29-23-15-20(25-22-10-2-1-5-12-28(22)23)19-11-14-26(16-19)17-24(30)27-13-6-8-18-7-3-4-9-21(18)27/h15,18-19,21H,1-14,16-17H2/t18-,19-,21-/m0/s1. The minimum atomic E-state index is 0.114. The molecule has 2 saturated heterocycles. The number of hydrogen-bond acceptors (Lipinski definition) is 4. The van der Waals surface area contributed by atoms with Gasteiger partial charge >= 0.3 is 0 Å². The lowest BCUT2D eigenvalue weighted by Gasteiger charge is -2.44. The van der Waals surface area contributed by atoms with Crippen molar-refractivity contribution in [3.05, 3.63) is 27.9 Å². The van der Waals surface area contributed by atoms with Crippen molar-refractivity contribution in [1.82, 2.24) is 19.4 Å². The number of aromatic nitrogens is 2. The van der Waals surface area contributed by atoms with Crippen LogP contribution in [0.2, 0.25) is 0 Å². The Morgan fingerprint density at radius 1 is 0.967 bits per heavy atom. The van der Waals surface area contributed by atoms with Crippen LogP contribution in [0.15, 0.2) is 10.9 Å². The molecule has 0 N–H and O–H groups in total. The van der Waals surface area contributed by atoms with Gasteiger partial charge in [-0.15, -0.1) is 0 Å². The van der Waals surface area contributed by atoms with Crippen molar-refractivity contribution >= 4 is 5.91 Å². The highest BCUT2D eigenvalue weighted by Crippen LogP contribution is 2.35. The van der Waals surface area contributed by atoms with Crippen LogP contribution in [0.4, 0.5) is 0 Å². The number of carbonyl (C=O) groups is 1. The molecule has 0 spiro atoms.